The minimum Gasteiger partial charge on any atom is -0.392 e. The molecule has 0 aliphatic carbocycles. The van der Waals surface area contributed by atoms with Crippen molar-refractivity contribution in [2.75, 3.05) is 25.4 Å². The molecule has 0 aromatic carbocycles. The van der Waals surface area contributed by atoms with Crippen LogP contribution in [0.2, 0.25) is 0 Å². The van der Waals surface area contributed by atoms with Crippen molar-refractivity contribution in [2.45, 2.75) is 32.5 Å². The van der Waals surface area contributed by atoms with Crippen molar-refractivity contribution in [2.24, 2.45) is 0 Å². The van der Waals surface area contributed by atoms with Crippen molar-refractivity contribution in [3.8, 4) is 0 Å². The maximum absolute atomic E-state index is 11.7. The van der Waals surface area contributed by atoms with Crippen LogP contribution in [-0.4, -0.2) is 55.5 Å². The first-order chi connectivity index (χ1) is 6.92. The Morgan fingerprint density at radius 2 is 2.20 bits per heavy atom. The topological polar surface area (TPSA) is 66.8 Å². The third-order valence-electron chi connectivity index (χ3n) is 2.31. The summed E-state index contributed by atoms with van der Waals surface area (Å²) >= 11 is 0. The Kier molecular flexibility index (Phi) is 4.51. The molecule has 0 radical (unpaired) electrons. The molecule has 0 saturated carbocycles. The van der Waals surface area contributed by atoms with Crippen LogP contribution in [0, 0.1) is 0 Å². The zero-order chi connectivity index (χ0) is 11.5. The van der Waals surface area contributed by atoms with E-state index < -0.39 is 16.1 Å². The largest absolute Gasteiger partial charge is 0.392 e. The third kappa shape index (κ3) is 4.06. The van der Waals surface area contributed by atoms with Crippen LogP contribution in [0.25, 0.3) is 0 Å². The van der Waals surface area contributed by atoms with E-state index in [2.05, 4.69) is 0 Å². The molecular formula is C9H19NO4S. The van der Waals surface area contributed by atoms with Gasteiger partial charge in [0.25, 0.3) is 0 Å². The number of aliphatic hydroxyl groups excluding tert-OH is 1. The van der Waals surface area contributed by atoms with Gasteiger partial charge in [0.15, 0.2) is 0 Å². The lowest BCUT2D eigenvalue weighted by Crippen LogP contribution is -2.33. The molecule has 0 bridgehead atoms. The van der Waals surface area contributed by atoms with E-state index >= 15 is 0 Å². The SMILES string of the molecule is CC(C)OCCS(=O)(=O)N1CC[C@@H](O)C1. The Labute approximate surface area is 91.1 Å². The number of aliphatic hydroxyl groups is 1. The van der Waals surface area contributed by atoms with Gasteiger partial charge in [0.1, 0.15) is 0 Å². The van der Waals surface area contributed by atoms with Gasteiger partial charge < -0.3 is 9.84 Å². The summed E-state index contributed by atoms with van der Waals surface area (Å²) in [4.78, 5) is 0. The number of ether oxygens (including phenoxy) is 1. The van der Waals surface area contributed by atoms with Gasteiger partial charge in [0.2, 0.25) is 10.0 Å². The number of rotatable bonds is 5. The van der Waals surface area contributed by atoms with Crippen molar-refractivity contribution in [1.29, 1.82) is 0 Å². The Bertz CT molecular complexity index is 288. The highest BCUT2D eigenvalue weighted by molar-refractivity contribution is 7.89. The molecule has 0 aromatic rings. The second-order valence-electron chi connectivity index (χ2n) is 4.04. The smallest absolute Gasteiger partial charge is 0.216 e. The van der Waals surface area contributed by atoms with Crippen LogP contribution in [0.1, 0.15) is 20.3 Å². The lowest BCUT2D eigenvalue weighted by atomic mass is 10.3. The Morgan fingerprint density at radius 3 is 2.67 bits per heavy atom. The van der Waals surface area contributed by atoms with E-state index in [1.165, 1.54) is 4.31 Å². The molecule has 1 N–H and O–H groups in total. The molecule has 1 rings (SSSR count). The molecule has 6 heteroatoms. The molecule has 1 saturated heterocycles. The van der Waals surface area contributed by atoms with E-state index in [-0.39, 0.29) is 25.0 Å². The Hall–Kier alpha value is -0.170. The summed E-state index contributed by atoms with van der Waals surface area (Å²) in [5.74, 6) is -0.00208. The van der Waals surface area contributed by atoms with Crippen molar-refractivity contribution in [3.63, 3.8) is 0 Å². The highest BCUT2D eigenvalue weighted by Gasteiger charge is 2.29. The van der Waals surface area contributed by atoms with Crippen LogP contribution in [-0.2, 0) is 14.8 Å². The molecule has 1 fully saturated rings. The maximum Gasteiger partial charge on any atom is 0.216 e. The van der Waals surface area contributed by atoms with Gasteiger partial charge in [-0.15, -0.1) is 0 Å². The van der Waals surface area contributed by atoms with Crippen LogP contribution in [0.4, 0.5) is 0 Å². The van der Waals surface area contributed by atoms with E-state index in [1.54, 1.807) is 0 Å². The van der Waals surface area contributed by atoms with Gasteiger partial charge >= 0.3 is 0 Å². The molecule has 1 heterocycles. The molecule has 1 aliphatic rings. The first kappa shape index (κ1) is 12.9. The molecule has 0 amide bonds. The second-order valence-corrected chi connectivity index (χ2v) is 6.12. The predicted molar refractivity (Wildman–Crippen MR) is 57.1 cm³/mol. The summed E-state index contributed by atoms with van der Waals surface area (Å²) < 4.78 is 29.9. The minimum atomic E-state index is -3.24. The standard InChI is InChI=1S/C9H19NO4S/c1-8(2)14-5-6-15(12,13)10-4-3-9(11)7-10/h8-9,11H,3-7H2,1-2H3/t9-/m1/s1. The normalized spacial score (nSPS) is 23.9. The molecule has 1 atom stereocenters. The fourth-order valence-corrected chi connectivity index (χ4v) is 2.83. The number of nitrogens with zero attached hydrogens (tertiary/aromatic N) is 1. The van der Waals surface area contributed by atoms with Crippen LogP contribution in [0.5, 0.6) is 0 Å². The number of hydrogen-bond acceptors (Lipinski definition) is 4. The van der Waals surface area contributed by atoms with Crippen LogP contribution in [0.15, 0.2) is 0 Å². The molecular weight excluding hydrogens is 218 g/mol. The number of hydrogen-bond donors (Lipinski definition) is 1. The molecule has 0 unspecified atom stereocenters. The zero-order valence-corrected chi connectivity index (χ0v) is 10.0. The second kappa shape index (κ2) is 5.25. The van der Waals surface area contributed by atoms with Crippen molar-refractivity contribution < 1.29 is 18.3 Å². The fourth-order valence-electron chi connectivity index (χ4n) is 1.48. The molecule has 0 aromatic heterocycles. The lowest BCUT2D eigenvalue weighted by molar-refractivity contribution is 0.0907. The Balaban J connectivity index is 2.38. The first-order valence-electron chi connectivity index (χ1n) is 5.19. The van der Waals surface area contributed by atoms with Gasteiger partial charge in [-0.2, -0.15) is 4.31 Å². The van der Waals surface area contributed by atoms with Crippen LogP contribution in [0.3, 0.4) is 0 Å². The fraction of sp³-hybridized carbons (Fsp3) is 1.00. The van der Waals surface area contributed by atoms with E-state index in [0.29, 0.717) is 13.0 Å². The monoisotopic (exact) mass is 237 g/mol. The summed E-state index contributed by atoms with van der Waals surface area (Å²) in [6.07, 6.45) is 0.0692. The average molecular weight is 237 g/mol. The Morgan fingerprint density at radius 1 is 1.53 bits per heavy atom. The highest BCUT2D eigenvalue weighted by atomic mass is 32.2. The van der Waals surface area contributed by atoms with E-state index in [0.717, 1.165) is 0 Å². The average Bonchev–Trinajstić information content (AvgIpc) is 2.51. The number of sulfonamides is 1. The quantitative estimate of drug-likeness (QED) is 0.719. The van der Waals surface area contributed by atoms with Crippen LogP contribution >= 0.6 is 0 Å². The van der Waals surface area contributed by atoms with E-state index in [1.807, 2.05) is 13.8 Å². The van der Waals surface area contributed by atoms with Gasteiger partial charge in [0.05, 0.1) is 24.6 Å². The van der Waals surface area contributed by atoms with Gasteiger partial charge in [-0.1, -0.05) is 0 Å². The van der Waals surface area contributed by atoms with Gasteiger partial charge in [0, 0.05) is 13.1 Å². The summed E-state index contributed by atoms with van der Waals surface area (Å²) in [5, 5.41) is 9.24. The van der Waals surface area contributed by atoms with Crippen LogP contribution < -0.4 is 0 Å². The molecule has 15 heavy (non-hydrogen) atoms. The molecule has 5 nitrogen and oxygen atoms in total. The van der Waals surface area contributed by atoms with E-state index in [4.69, 9.17) is 4.74 Å². The predicted octanol–water partition coefficient (Wildman–Crippen LogP) is -0.192. The van der Waals surface area contributed by atoms with Gasteiger partial charge in [-0.05, 0) is 20.3 Å². The maximum atomic E-state index is 11.7. The molecule has 90 valence electrons. The summed E-state index contributed by atoms with van der Waals surface area (Å²) in [5.41, 5.74) is 0. The van der Waals surface area contributed by atoms with Crippen molar-refractivity contribution >= 4 is 10.0 Å². The minimum absolute atomic E-state index is 0.00208. The summed E-state index contributed by atoms with van der Waals surface area (Å²) in [6, 6.07) is 0. The van der Waals surface area contributed by atoms with Crippen molar-refractivity contribution in [3.05, 3.63) is 0 Å². The zero-order valence-electron chi connectivity index (χ0n) is 9.22. The lowest BCUT2D eigenvalue weighted by Gasteiger charge is -2.16. The highest BCUT2D eigenvalue weighted by Crippen LogP contribution is 2.13. The number of β-amino-alcohol motifs (C(OH)–C–C–N with tert-alkyl or cyclic N) is 1. The summed E-state index contributed by atoms with van der Waals surface area (Å²) in [7, 11) is -3.24. The van der Waals surface area contributed by atoms with Crippen molar-refractivity contribution in [1.82, 2.24) is 4.31 Å². The van der Waals surface area contributed by atoms with Gasteiger partial charge in [-0.3, -0.25) is 0 Å². The van der Waals surface area contributed by atoms with E-state index in [9.17, 15) is 13.5 Å². The molecule has 1 aliphatic heterocycles. The third-order valence-corrected chi connectivity index (χ3v) is 4.11. The molecule has 0 spiro atoms. The summed E-state index contributed by atoms with van der Waals surface area (Å²) in [6.45, 7) is 4.60. The first-order valence-corrected chi connectivity index (χ1v) is 6.80. The van der Waals surface area contributed by atoms with Gasteiger partial charge in [-0.25, -0.2) is 8.42 Å².